The van der Waals surface area contributed by atoms with Gasteiger partial charge < -0.3 is 5.11 Å². The predicted octanol–water partition coefficient (Wildman–Crippen LogP) is 3.20. The Balaban J connectivity index is 2.19. The predicted molar refractivity (Wildman–Crippen MR) is 56.5 cm³/mol. The van der Waals surface area contributed by atoms with Crippen molar-refractivity contribution in [3.8, 4) is 5.75 Å². The summed E-state index contributed by atoms with van der Waals surface area (Å²) in [7, 11) is 0. The molecule has 0 aliphatic carbocycles. The topological polar surface area (TPSA) is 57.8 Å². The van der Waals surface area contributed by atoms with Crippen molar-refractivity contribution in [2.75, 3.05) is 0 Å². The summed E-state index contributed by atoms with van der Waals surface area (Å²) >= 11 is 0. The summed E-state index contributed by atoms with van der Waals surface area (Å²) in [4.78, 5) is 3.99. The fourth-order valence-electron chi connectivity index (χ4n) is 1.08. The maximum Gasteiger partial charge on any atom is 0.174 e. The molecular formula is C11H9N3O. The van der Waals surface area contributed by atoms with Gasteiger partial charge in [0, 0.05) is 12.3 Å². The fourth-order valence-corrected chi connectivity index (χ4v) is 1.08. The molecule has 2 rings (SSSR count). The smallest absolute Gasteiger partial charge is 0.174 e. The number of phenolic OH excluding ortho intramolecular Hbond substituents is 1. The number of phenols is 1. The van der Waals surface area contributed by atoms with Crippen LogP contribution in [0.15, 0.2) is 58.9 Å². The van der Waals surface area contributed by atoms with Crippen molar-refractivity contribution in [3.63, 3.8) is 0 Å². The minimum atomic E-state index is 0.174. The molecule has 0 unspecified atom stereocenters. The fraction of sp³-hybridized carbons (Fsp3) is 0. The van der Waals surface area contributed by atoms with Gasteiger partial charge in [-0.05, 0) is 24.3 Å². The van der Waals surface area contributed by atoms with Gasteiger partial charge in [-0.2, -0.15) is 0 Å². The van der Waals surface area contributed by atoms with Gasteiger partial charge in [-0.25, -0.2) is 4.98 Å². The molecule has 74 valence electrons. The van der Waals surface area contributed by atoms with Gasteiger partial charge in [0.1, 0.15) is 5.75 Å². The van der Waals surface area contributed by atoms with E-state index in [-0.39, 0.29) is 5.75 Å². The second-order valence-electron chi connectivity index (χ2n) is 2.91. The molecule has 2 aromatic rings. The quantitative estimate of drug-likeness (QED) is 0.755. The van der Waals surface area contributed by atoms with E-state index in [0.29, 0.717) is 11.5 Å². The molecule has 0 saturated carbocycles. The van der Waals surface area contributed by atoms with Crippen LogP contribution in [-0.4, -0.2) is 10.1 Å². The molecule has 0 fully saturated rings. The molecule has 0 spiro atoms. The van der Waals surface area contributed by atoms with E-state index in [1.165, 1.54) is 6.07 Å². The lowest BCUT2D eigenvalue weighted by Gasteiger charge is -1.93. The molecule has 0 amide bonds. The largest absolute Gasteiger partial charge is 0.508 e. The molecule has 0 radical (unpaired) electrons. The summed E-state index contributed by atoms with van der Waals surface area (Å²) in [6.45, 7) is 0. The Morgan fingerprint density at radius 1 is 1.00 bits per heavy atom. The third-order valence-electron chi connectivity index (χ3n) is 1.75. The van der Waals surface area contributed by atoms with Gasteiger partial charge >= 0.3 is 0 Å². The Bertz CT molecular complexity index is 468. The van der Waals surface area contributed by atoms with Crippen LogP contribution < -0.4 is 0 Å². The summed E-state index contributed by atoms with van der Waals surface area (Å²) in [6.07, 6.45) is 1.65. The number of rotatable bonds is 2. The first kappa shape index (κ1) is 9.33. The Morgan fingerprint density at radius 3 is 2.67 bits per heavy atom. The molecule has 4 heteroatoms. The molecule has 15 heavy (non-hydrogen) atoms. The van der Waals surface area contributed by atoms with E-state index in [0.717, 1.165) is 0 Å². The highest BCUT2D eigenvalue weighted by molar-refractivity contribution is 5.42. The van der Waals surface area contributed by atoms with Gasteiger partial charge in [-0.1, -0.05) is 12.1 Å². The van der Waals surface area contributed by atoms with Crippen molar-refractivity contribution < 1.29 is 5.11 Å². The minimum Gasteiger partial charge on any atom is -0.508 e. The number of benzene rings is 1. The van der Waals surface area contributed by atoms with Crippen LogP contribution in [0.5, 0.6) is 5.75 Å². The summed E-state index contributed by atoms with van der Waals surface area (Å²) in [5.74, 6) is 0.716. The SMILES string of the molecule is Oc1cccc(N=Nc2ccccn2)c1. The molecule has 1 aromatic heterocycles. The van der Waals surface area contributed by atoms with Crippen molar-refractivity contribution in [3.05, 3.63) is 48.7 Å². The summed E-state index contributed by atoms with van der Waals surface area (Å²) < 4.78 is 0. The van der Waals surface area contributed by atoms with Gasteiger partial charge in [0.25, 0.3) is 0 Å². The zero-order chi connectivity index (χ0) is 10.5. The van der Waals surface area contributed by atoms with Crippen LogP contribution in [0.25, 0.3) is 0 Å². The number of nitrogens with zero attached hydrogens (tertiary/aromatic N) is 3. The van der Waals surface area contributed by atoms with Gasteiger partial charge in [-0.15, -0.1) is 10.2 Å². The Hall–Kier alpha value is -2.23. The van der Waals surface area contributed by atoms with E-state index in [4.69, 9.17) is 0 Å². The summed E-state index contributed by atoms with van der Waals surface area (Å²) in [6, 6.07) is 12.0. The van der Waals surface area contributed by atoms with Gasteiger partial charge in [0.2, 0.25) is 0 Å². The average Bonchev–Trinajstić information content (AvgIpc) is 2.28. The maximum absolute atomic E-state index is 9.19. The van der Waals surface area contributed by atoms with E-state index in [9.17, 15) is 5.11 Å². The number of aromatic hydroxyl groups is 1. The first-order valence-electron chi connectivity index (χ1n) is 4.46. The second-order valence-corrected chi connectivity index (χ2v) is 2.91. The highest BCUT2D eigenvalue weighted by Gasteiger charge is 1.91. The van der Waals surface area contributed by atoms with Crippen LogP contribution in [0.3, 0.4) is 0 Å². The number of hydrogen-bond donors (Lipinski definition) is 1. The highest BCUT2D eigenvalue weighted by Crippen LogP contribution is 2.20. The van der Waals surface area contributed by atoms with E-state index >= 15 is 0 Å². The van der Waals surface area contributed by atoms with Crippen molar-refractivity contribution in [1.82, 2.24) is 4.98 Å². The van der Waals surface area contributed by atoms with Crippen LogP contribution in [-0.2, 0) is 0 Å². The van der Waals surface area contributed by atoms with Crippen molar-refractivity contribution in [2.45, 2.75) is 0 Å². The third kappa shape index (κ3) is 2.60. The number of azo groups is 1. The van der Waals surface area contributed by atoms with E-state index in [1.807, 2.05) is 12.1 Å². The summed E-state index contributed by atoms with van der Waals surface area (Å²) in [5.41, 5.74) is 0.598. The molecule has 0 saturated heterocycles. The molecule has 1 N–H and O–H groups in total. The van der Waals surface area contributed by atoms with Gasteiger partial charge in [-0.3, -0.25) is 0 Å². The number of aromatic nitrogens is 1. The Kier molecular flexibility index (Phi) is 2.69. The van der Waals surface area contributed by atoms with Gasteiger partial charge in [0.15, 0.2) is 5.82 Å². The normalized spacial score (nSPS) is 10.7. The lowest BCUT2D eigenvalue weighted by atomic mass is 10.3. The first-order chi connectivity index (χ1) is 7.34. The molecule has 0 atom stereocenters. The van der Waals surface area contributed by atoms with Crippen molar-refractivity contribution in [2.24, 2.45) is 10.2 Å². The lowest BCUT2D eigenvalue weighted by molar-refractivity contribution is 0.475. The Morgan fingerprint density at radius 2 is 1.93 bits per heavy atom. The zero-order valence-electron chi connectivity index (χ0n) is 7.91. The van der Waals surface area contributed by atoms with E-state index in [1.54, 1.807) is 30.5 Å². The van der Waals surface area contributed by atoms with Crippen LogP contribution in [0, 0.1) is 0 Å². The lowest BCUT2D eigenvalue weighted by Crippen LogP contribution is -1.69. The standard InChI is InChI=1S/C11H9N3O/c15-10-5-3-4-9(8-10)13-14-11-6-1-2-7-12-11/h1-8,15H. The third-order valence-corrected chi connectivity index (χ3v) is 1.75. The van der Waals surface area contributed by atoms with Crippen LogP contribution >= 0.6 is 0 Å². The van der Waals surface area contributed by atoms with Crippen LogP contribution in [0.1, 0.15) is 0 Å². The van der Waals surface area contributed by atoms with Gasteiger partial charge in [0.05, 0.1) is 5.69 Å². The van der Waals surface area contributed by atoms with Crippen molar-refractivity contribution >= 4 is 11.5 Å². The average molecular weight is 199 g/mol. The van der Waals surface area contributed by atoms with Crippen LogP contribution in [0.4, 0.5) is 11.5 Å². The number of hydrogen-bond acceptors (Lipinski definition) is 4. The van der Waals surface area contributed by atoms with Crippen LogP contribution in [0.2, 0.25) is 0 Å². The molecule has 4 nitrogen and oxygen atoms in total. The zero-order valence-corrected chi connectivity index (χ0v) is 7.91. The molecule has 0 aliphatic rings. The molecular weight excluding hydrogens is 190 g/mol. The number of pyridine rings is 1. The van der Waals surface area contributed by atoms with E-state index in [2.05, 4.69) is 15.2 Å². The minimum absolute atomic E-state index is 0.174. The van der Waals surface area contributed by atoms with E-state index < -0.39 is 0 Å². The second kappa shape index (κ2) is 4.32. The molecule has 0 aliphatic heterocycles. The molecule has 0 bridgehead atoms. The first-order valence-corrected chi connectivity index (χ1v) is 4.46. The van der Waals surface area contributed by atoms with Crippen molar-refractivity contribution in [1.29, 1.82) is 0 Å². The summed E-state index contributed by atoms with van der Waals surface area (Å²) in [5, 5.41) is 17.1. The highest BCUT2D eigenvalue weighted by atomic mass is 16.3. The monoisotopic (exact) mass is 199 g/mol. The molecule has 1 heterocycles. The Labute approximate surface area is 86.9 Å². The molecule has 1 aromatic carbocycles. The maximum atomic E-state index is 9.19.